The van der Waals surface area contributed by atoms with Crippen molar-refractivity contribution in [3.05, 3.63) is 63.8 Å². The van der Waals surface area contributed by atoms with Crippen molar-refractivity contribution in [1.29, 1.82) is 0 Å². The normalized spacial score (nSPS) is 14.6. The minimum absolute atomic E-state index is 0.120. The van der Waals surface area contributed by atoms with E-state index in [1.54, 1.807) is 13.0 Å². The number of thiophene rings is 1. The number of ether oxygens (including phenoxy) is 2. The first-order valence-corrected chi connectivity index (χ1v) is 14.6. The highest BCUT2D eigenvalue weighted by atomic mass is 32.2. The number of hydrogen-bond donors (Lipinski definition) is 1. The van der Waals surface area contributed by atoms with Crippen LogP contribution in [0.5, 0.6) is 5.75 Å². The highest BCUT2D eigenvalue weighted by molar-refractivity contribution is 7.99. The van der Waals surface area contributed by atoms with Gasteiger partial charge in [-0.25, -0.2) is 4.79 Å². The number of nitrogens with zero attached hydrogens (tertiary/aromatic N) is 3. The van der Waals surface area contributed by atoms with Gasteiger partial charge >= 0.3 is 5.97 Å². The van der Waals surface area contributed by atoms with Gasteiger partial charge in [0.15, 0.2) is 11.0 Å². The Bertz CT molecular complexity index is 1330. The highest BCUT2D eigenvalue weighted by Crippen LogP contribution is 2.40. The minimum atomic E-state index is -0.373. The van der Waals surface area contributed by atoms with Gasteiger partial charge in [-0.15, -0.1) is 28.1 Å². The first kappa shape index (κ1) is 27.9. The molecule has 0 fully saturated rings. The van der Waals surface area contributed by atoms with E-state index in [-0.39, 0.29) is 30.8 Å². The van der Waals surface area contributed by atoms with Crippen LogP contribution >= 0.6 is 23.1 Å². The van der Waals surface area contributed by atoms with E-state index >= 15 is 0 Å². The standard InChI is InChI=1S/C28H34N4O4S2/c1-6-12-32-23(15-36-20-10-9-18(4)19(5)14-20)30-31-28(32)37-16-24(33)29-26-25(27(34)35-7-2)21-11-8-17(3)13-22(21)38-26/h6,9-10,14,17H,1,7-8,11-13,15-16H2,2-5H3,(H,29,33). The molecule has 1 N–H and O–H groups in total. The summed E-state index contributed by atoms with van der Waals surface area (Å²) in [6.45, 7) is 13.0. The van der Waals surface area contributed by atoms with Crippen LogP contribution in [0.2, 0.25) is 0 Å². The molecule has 8 nitrogen and oxygen atoms in total. The number of amides is 1. The summed E-state index contributed by atoms with van der Waals surface area (Å²) in [5.41, 5.74) is 3.90. The molecule has 0 saturated carbocycles. The van der Waals surface area contributed by atoms with Crippen molar-refractivity contribution in [2.75, 3.05) is 17.7 Å². The smallest absolute Gasteiger partial charge is 0.341 e. The van der Waals surface area contributed by atoms with Gasteiger partial charge in [0.1, 0.15) is 17.4 Å². The number of anilines is 1. The topological polar surface area (TPSA) is 95.3 Å². The number of carbonyl (C=O) groups excluding carboxylic acids is 2. The van der Waals surface area contributed by atoms with E-state index in [0.29, 0.717) is 34.0 Å². The number of aromatic nitrogens is 3. The molecule has 1 aliphatic carbocycles. The van der Waals surface area contributed by atoms with Crippen molar-refractivity contribution in [1.82, 2.24) is 14.8 Å². The Morgan fingerprint density at radius 2 is 2.11 bits per heavy atom. The van der Waals surface area contributed by atoms with Crippen molar-refractivity contribution in [2.45, 2.75) is 65.3 Å². The Morgan fingerprint density at radius 3 is 2.84 bits per heavy atom. The predicted octanol–water partition coefficient (Wildman–Crippen LogP) is 5.75. The first-order valence-electron chi connectivity index (χ1n) is 12.8. The zero-order valence-electron chi connectivity index (χ0n) is 22.3. The summed E-state index contributed by atoms with van der Waals surface area (Å²) in [5.74, 6) is 1.50. The molecule has 4 rings (SSSR count). The van der Waals surface area contributed by atoms with Gasteiger partial charge in [0.05, 0.1) is 17.9 Å². The van der Waals surface area contributed by atoms with Crippen molar-refractivity contribution in [2.24, 2.45) is 5.92 Å². The molecule has 1 atom stereocenters. The van der Waals surface area contributed by atoms with Gasteiger partial charge in [-0.05, 0) is 74.8 Å². The molecule has 1 unspecified atom stereocenters. The maximum absolute atomic E-state index is 13.0. The molecule has 0 radical (unpaired) electrons. The average molecular weight is 555 g/mol. The monoisotopic (exact) mass is 554 g/mol. The second-order valence-corrected chi connectivity index (χ2v) is 11.5. The molecule has 1 aliphatic rings. The van der Waals surface area contributed by atoms with Crippen LogP contribution in [-0.4, -0.2) is 39.0 Å². The van der Waals surface area contributed by atoms with E-state index in [0.717, 1.165) is 41.0 Å². The number of carbonyl (C=O) groups is 2. The molecule has 0 saturated heterocycles. The van der Waals surface area contributed by atoms with Crippen molar-refractivity contribution < 1.29 is 19.1 Å². The second-order valence-electron chi connectivity index (χ2n) is 9.45. The average Bonchev–Trinajstić information content (AvgIpc) is 3.43. The Hall–Kier alpha value is -3.11. The summed E-state index contributed by atoms with van der Waals surface area (Å²) in [6, 6.07) is 5.96. The summed E-state index contributed by atoms with van der Waals surface area (Å²) in [4.78, 5) is 26.9. The Kier molecular flexibility index (Phi) is 9.27. The predicted molar refractivity (Wildman–Crippen MR) is 151 cm³/mol. The minimum Gasteiger partial charge on any atom is -0.486 e. The summed E-state index contributed by atoms with van der Waals surface area (Å²) >= 11 is 2.77. The van der Waals surface area contributed by atoms with Gasteiger partial charge in [0.2, 0.25) is 5.91 Å². The van der Waals surface area contributed by atoms with Crippen LogP contribution in [0.25, 0.3) is 0 Å². The SMILES string of the molecule is C=CCn1c(COc2ccc(C)c(C)c2)nnc1SCC(=O)Nc1sc2c(c1C(=O)OCC)CCC(C)C2. The first-order chi connectivity index (χ1) is 18.3. The van der Waals surface area contributed by atoms with Crippen LogP contribution in [0, 0.1) is 19.8 Å². The number of aryl methyl sites for hydroxylation is 2. The number of esters is 1. The highest BCUT2D eigenvalue weighted by Gasteiger charge is 2.29. The quantitative estimate of drug-likeness (QED) is 0.183. The zero-order chi connectivity index (χ0) is 27.2. The molecule has 0 bridgehead atoms. The molecular formula is C28H34N4O4S2. The lowest BCUT2D eigenvalue weighted by Crippen LogP contribution is -2.18. The van der Waals surface area contributed by atoms with Crippen molar-refractivity contribution >= 4 is 40.0 Å². The third kappa shape index (κ3) is 6.47. The fourth-order valence-electron chi connectivity index (χ4n) is 4.35. The van der Waals surface area contributed by atoms with E-state index < -0.39 is 0 Å². The van der Waals surface area contributed by atoms with Gasteiger partial charge in [0, 0.05) is 11.4 Å². The molecule has 2 heterocycles. The summed E-state index contributed by atoms with van der Waals surface area (Å²) < 4.78 is 13.1. The lowest BCUT2D eigenvalue weighted by atomic mass is 9.88. The van der Waals surface area contributed by atoms with E-state index in [9.17, 15) is 9.59 Å². The molecule has 0 aliphatic heterocycles. The summed E-state index contributed by atoms with van der Waals surface area (Å²) in [6.07, 6.45) is 4.52. The molecule has 1 aromatic carbocycles. The molecular weight excluding hydrogens is 520 g/mol. The third-order valence-corrected chi connectivity index (χ3v) is 8.66. The maximum Gasteiger partial charge on any atom is 0.341 e. The molecule has 10 heteroatoms. The molecule has 202 valence electrons. The van der Waals surface area contributed by atoms with E-state index in [4.69, 9.17) is 9.47 Å². The number of benzene rings is 1. The Morgan fingerprint density at radius 1 is 1.29 bits per heavy atom. The van der Waals surface area contributed by atoms with E-state index in [1.165, 1.54) is 28.7 Å². The Balaban J connectivity index is 1.43. The lowest BCUT2D eigenvalue weighted by Gasteiger charge is -2.18. The largest absolute Gasteiger partial charge is 0.486 e. The number of allylic oxidation sites excluding steroid dienone is 1. The molecule has 2 aromatic heterocycles. The van der Waals surface area contributed by atoms with Crippen LogP contribution in [-0.2, 0) is 35.5 Å². The summed E-state index contributed by atoms with van der Waals surface area (Å²) in [5, 5.41) is 12.7. The fraction of sp³-hybridized carbons (Fsp3) is 0.429. The van der Waals surface area contributed by atoms with Gasteiger partial charge in [-0.1, -0.05) is 30.8 Å². The fourth-order valence-corrected chi connectivity index (χ4v) is 6.53. The van der Waals surface area contributed by atoms with Gasteiger partial charge in [-0.3, -0.25) is 9.36 Å². The van der Waals surface area contributed by atoms with Crippen LogP contribution in [0.4, 0.5) is 5.00 Å². The van der Waals surface area contributed by atoms with Gasteiger partial charge in [0.25, 0.3) is 0 Å². The van der Waals surface area contributed by atoms with Gasteiger partial charge < -0.3 is 14.8 Å². The third-order valence-electron chi connectivity index (χ3n) is 6.53. The zero-order valence-corrected chi connectivity index (χ0v) is 24.0. The summed E-state index contributed by atoms with van der Waals surface area (Å²) in [7, 11) is 0. The molecule has 38 heavy (non-hydrogen) atoms. The lowest BCUT2D eigenvalue weighted by molar-refractivity contribution is -0.113. The number of rotatable bonds is 11. The van der Waals surface area contributed by atoms with Crippen LogP contribution in [0.3, 0.4) is 0 Å². The van der Waals surface area contributed by atoms with Crippen LogP contribution in [0.15, 0.2) is 36.0 Å². The number of nitrogens with one attached hydrogen (secondary N) is 1. The molecule has 1 amide bonds. The Labute approximate surface area is 231 Å². The second kappa shape index (κ2) is 12.6. The number of hydrogen-bond acceptors (Lipinski definition) is 8. The van der Waals surface area contributed by atoms with Gasteiger partial charge in [-0.2, -0.15) is 0 Å². The van der Waals surface area contributed by atoms with Crippen molar-refractivity contribution in [3.63, 3.8) is 0 Å². The molecule has 3 aromatic rings. The van der Waals surface area contributed by atoms with Crippen LogP contribution < -0.4 is 10.1 Å². The van der Waals surface area contributed by atoms with Crippen LogP contribution in [0.1, 0.15) is 58.0 Å². The van der Waals surface area contributed by atoms with Crippen molar-refractivity contribution in [3.8, 4) is 5.75 Å². The van der Waals surface area contributed by atoms with E-state index in [2.05, 4.69) is 35.9 Å². The van der Waals surface area contributed by atoms with E-state index in [1.807, 2.05) is 29.7 Å². The molecule has 0 spiro atoms. The number of thioether (sulfide) groups is 1. The maximum atomic E-state index is 13.0. The number of fused-ring (bicyclic) bond motifs is 1.